The zero-order valence-electron chi connectivity index (χ0n) is 17.3. The molecule has 4 rings (SSSR count). The van der Waals surface area contributed by atoms with E-state index >= 15 is 0 Å². The van der Waals surface area contributed by atoms with E-state index in [1.165, 1.54) is 22.5 Å². The summed E-state index contributed by atoms with van der Waals surface area (Å²) in [6, 6.07) is 11.6. The number of benzene rings is 2. The molecule has 2 heterocycles. The number of piperidine rings is 1. The maximum Gasteiger partial charge on any atom is 0.244 e. The number of hydrogen-bond donors (Lipinski definition) is 1. The number of carbonyl (C=O) groups excluding carboxylic acids is 2. The van der Waals surface area contributed by atoms with Crippen molar-refractivity contribution in [3.63, 3.8) is 0 Å². The first kappa shape index (κ1) is 23.0. The second-order valence-corrected chi connectivity index (χ2v) is 10.7. The summed E-state index contributed by atoms with van der Waals surface area (Å²) in [4.78, 5) is 26.5. The highest BCUT2D eigenvalue weighted by Gasteiger charge is 2.33. The van der Waals surface area contributed by atoms with Gasteiger partial charge in [-0.25, -0.2) is 8.42 Å². The van der Waals surface area contributed by atoms with E-state index in [9.17, 15) is 18.0 Å². The van der Waals surface area contributed by atoms with E-state index in [1.54, 1.807) is 23.1 Å². The molecule has 0 aliphatic carbocycles. The van der Waals surface area contributed by atoms with Crippen molar-refractivity contribution in [3.8, 4) is 0 Å². The third-order valence-corrected chi connectivity index (χ3v) is 8.45. The van der Waals surface area contributed by atoms with E-state index in [4.69, 9.17) is 23.2 Å². The molecule has 170 valence electrons. The minimum Gasteiger partial charge on any atom is -0.326 e. The lowest BCUT2D eigenvalue weighted by molar-refractivity contribution is -0.121. The molecule has 2 aromatic rings. The van der Waals surface area contributed by atoms with Crippen LogP contribution in [-0.2, 0) is 19.6 Å². The molecule has 2 amide bonds. The molecule has 1 N–H and O–H groups in total. The predicted molar refractivity (Wildman–Crippen MR) is 125 cm³/mol. The molecule has 0 saturated carbocycles. The largest absolute Gasteiger partial charge is 0.326 e. The van der Waals surface area contributed by atoms with Crippen molar-refractivity contribution in [2.24, 2.45) is 5.92 Å². The van der Waals surface area contributed by atoms with Crippen LogP contribution >= 0.6 is 23.2 Å². The highest BCUT2D eigenvalue weighted by Crippen LogP contribution is 2.31. The number of hydrogen-bond acceptors (Lipinski definition) is 4. The van der Waals surface area contributed by atoms with E-state index in [0.29, 0.717) is 36.5 Å². The van der Waals surface area contributed by atoms with Crippen LogP contribution in [0.1, 0.15) is 25.7 Å². The average molecular weight is 496 g/mol. The quantitative estimate of drug-likeness (QED) is 0.674. The zero-order valence-corrected chi connectivity index (χ0v) is 19.6. The van der Waals surface area contributed by atoms with Crippen molar-refractivity contribution in [2.75, 3.05) is 29.9 Å². The molecule has 0 atom stereocenters. The average Bonchev–Trinajstić information content (AvgIpc) is 3.21. The van der Waals surface area contributed by atoms with Crippen molar-refractivity contribution in [3.05, 3.63) is 52.5 Å². The maximum absolute atomic E-state index is 13.0. The number of rotatable bonds is 5. The number of anilines is 2. The van der Waals surface area contributed by atoms with Crippen LogP contribution in [0.15, 0.2) is 47.4 Å². The van der Waals surface area contributed by atoms with E-state index in [0.717, 1.165) is 12.1 Å². The summed E-state index contributed by atoms with van der Waals surface area (Å²) in [7, 11) is -3.80. The summed E-state index contributed by atoms with van der Waals surface area (Å²) in [6.07, 6.45) is 2.16. The van der Waals surface area contributed by atoms with Crippen LogP contribution in [0.5, 0.6) is 0 Å². The van der Waals surface area contributed by atoms with Gasteiger partial charge in [-0.2, -0.15) is 4.31 Å². The molecule has 7 nitrogen and oxygen atoms in total. The van der Waals surface area contributed by atoms with Crippen molar-refractivity contribution in [1.82, 2.24) is 4.31 Å². The number of halogens is 2. The van der Waals surface area contributed by atoms with Crippen LogP contribution in [0.4, 0.5) is 11.4 Å². The second-order valence-electron chi connectivity index (χ2n) is 7.94. The topological polar surface area (TPSA) is 86.8 Å². The van der Waals surface area contributed by atoms with E-state index < -0.39 is 10.0 Å². The van der Waals surface area contributed by atoms with Crippen LogP contribution in [0.25, 0.3) is 0 Å². The number of carbonyl (C=O) groups is 2. The zero-order chi connectivity index (χ0) is 22.9. The highest BCUT2D eigenvalue weighted by molar-refractivity contribution is 7.89. The van der Waals surface area contributed by atoms with Crippen molar-refractivity contribution in [1.29, 1.82) is 0 Å². The Hall–Kier alpha value is -2.13. The number of nitrogens with one attached hydrogen (secondary N) is 1. The fourth-order valence-electron chi connectivity index (χ4n) is 4.09. The number of nitrogens with zero attached hydrogens (tertiary/aromatic N) is 2. The van der Waals surface area contributed by atoms with Gasteiger partial charge in [0, 0.05) is 48.4 Å². The van der Waals surface area contributed by atoms with Gasteiger partial charge >= 0.3 is 0 Å². The van der Waals surface area contributed by atoms with Crippen LogP contribution in [-0.4, -0.2) is 44.2 Å². The van der Waals surface area contributed by atoms with E-state index in [1.807, 2.05) is 6.07 Å². The Morgan fingerprint density at radius 3 is 2.47 bits per heavy atom. The number of amides is 2. The second kappa shape index (κ2) is 9.39. The minimum absolute atomic E-state index is 0.0251. The fraction of sp³-hybridized carbons (Fsp3) is 0.364. The van der Waals surface area contributed by atoms with Crippen molar-refractivity contribution in [2.45, 2.75) is 30.6 Å². The molecule has 0 bridgehead atoms. The predicted octanol–water partition coefficient (Wildman–Crippen LogP) is 4.16. The molecule has 2 aliphatic rings. The van der Waals surface area contributed by atoms with Gasteiger partial charge in [-0.1, -0.05) is 29.3 Å². The molecule has 2 saturated heterocycles. The lowest BCUT2D eigenvalue weighted by Gasteiger charge is -2.30. The van der Waals surface area contributed by atoms with Crippen LogP contribution in [0.3, 0.4) is 0 Å². The Morgan fingerprint density at radius 1 is 1.03 bits per heavy atom. The first-order valence-corrected chi connectivity index (χ1v) is 12.6. The molecule has 0 aromatic heterocycles. The third kappa shape index (κ3) is 4.78. The molecular weight excluding hydrogens is 473 g/mol. The summed E-state index contributed by atoms with van der Waals surface area (Å²) >= 11 is 12.0. The number of sulfonamides is 1. The highest BCUT2D eigenvalue weighted by atomic mass is 35.5. The van der Waals surface area contributed by atoms with Gasteiger partial charge in [0.2, 0.25) is 21.8 Å². The molecule has 2 aromatic carbocycles. The molecule has 2 fully saturated rings. The monoisotopic (exact) mass is 495 g/mol. The Balaban J connectivity index is 1.39. The van der Waals surface area contributed by atoms with E-state index in [-0.39, 0.29) is 40.7 Å². The van der Waals surface area contributed by atoms with Gasteiger partial charge in [0.05, 0.1) is 5.02 Å². The third-order valence-electron chi connectivity index (χ3n) is 5.83. The summed E-state index contributed by atoms with van der Waals surface area (Å²) in [5.74, 6) is -0.386. The molecule has 10 heteroatoms. The lowest BCUT2D eigenvalue weighted by Crippen LogP contribution is -2.41. The SMILES string of the molecule is O=C(Nc1cccc(N2CCCC2=O)c1)C1CCN(S(=O)(=O)c2cc(Cl)ccc2Cl)CC1. The standard InChI is InChI=1S/C22H23Cl2N3O4S/c23-16-6-7-19(24)20(13-16)32(30,31)26-11-8-15(9-12-26)22(29)25-17-3-1-4-18(14-17)27-10-2-5-21(27)28/h1,3-4,6-7,13-15H,2,5,8-12H2,(H,25,29). The lowest BCUT2D eigenvalue weighted by atomic mass is 9.97. The maximum atomic E-state index is 13.0. The van der Waals surface area contributed by atoms with Crippen LogP contribution in [0.2, 0.25) is 10.0 Å². The van der Waals surface area contributed by atoms with Gasteiger partial charge in [-0.05, 0) is 55.7 Å². The van der Waals surface area contributed by atoms with Crippen LogP contribution < -0.4 is 10.2 Å². The Bertz CT molecular complexity index is 1150. The summed E-state index contributed by atoms with van der Waals surface area (Å²) in [6.45, 7) is 1.11. The van der Waals surface area contributed by atoms with Gasteiger partial charge in [-0.15, -0.1) is 0 Å². The molecule has 2 aliphatic heterocycles. The van der Waals surface area contributed by atoms with Crippen molar-refractivity contribution < 1.29 is 18.0 Å². The van der Waals surface area contributed by atoms with E-state index in [2.05, 4.69) is 5.32 Å². The summed E-state index contributed by atoms with van der Waals surface area (Å²) < 4.78 is 27.3. The molecule has 32 heavy (non-hydrogen) atoms. The summed E-state index contributed by atoms with van der Waals surface area (Å²) in [5, 5.41) is 3.32. The molecular formula is C22H23Cl2N3O4S. The fourth-order valence-corrected chi connectivity index (χ4v) is 6.30. The first-order chi connectivity index (χ1) is 15.3. The molecule has 0 radical (unpaired) electrons. The Kier molecular flexibility index (Phi) is 6.76. The molecule has 0 unspecified atom stereocenters. The van der Waals surface area contributed by atoms with Gasteiger partial charge < -0.3 is 10.2 Å². The smallest absolute Gasteiger partial charge is 0.244 e. The van der Waals surface area contributed by atoms with Gasteiger partial charge in [-0.3, -0.25) is 9.59 Å². The molecule has 0 spiro atoms. The first-order valence-electron chi connectivity index (χ1n) is 10.4. The normalized spacial score (nSPS) is 18.2. The Labute approximate surface area is 197 Å². The van der Waals surface area contributed by atoms with Gasteiger partial charge in [0.1, 0.15) is 4.90 Å². The van der Waals surface area contributed by atoms with Gasteiger partial charge in [0.25, 0.3) is 0 Å². The summed E-state index contributed by atoms with van der Waals surface area (Å²) in [5.41, 5.74) is 1.39. The Morgan fingerprint density at radius 2 is 1.78 bits per heavy atom. The van der Waals surface area contributed by atoms with Crippen LogP contribution in [0, 0.1) is 5.92 Å². The minimum atomic E-state index is -3.80. The van der Waals surface area contributed by atoms with Gasteiger partial charge in [0.15, 0.2) is 0 Å². The van der Waals surface area contributed by atoms with Crippen molar-refractivity contribution >= 4 is 56.4 Å².